The van der Waals surface area contributed by atoms with Gasteiger partial charge in [0, 0.05) is 22.5 Å². The number of fused-ring (bicyclic) bond motifs is 1. The second-order valence-corrected chi connectivity index (χ2v) is 5.09. The van der Waals surface area contributed by atoms with Gasteiger partial charge in [-0.1, -0.05) is 24.3 Å². The Morgan fingerprint density at radius 1 is 0.947 bits per heavy atom. The maximum absolute atomic E-state index is 11.9. The summed E-state index contributed by atoms with van der Waals surface area (Å²) in [6.45, 7) is 0. The minimum absolute atomic E-state index is 0.0634. The lowest BCUT2D eigenvalue weighted by Gasteiger charge is -2.13. The second kappa shape index (κ2) is 4.94. The molecular formula is C16H13NOS. The molecule has 0 aliphatic carbocycles. The summed E-state index contributed by atoms with van der Waals surface area (Å²) >= 11 is 1.70. The number of hydrogen-bond acceptors (Lipinski definition) is 2. The highest BCUT2D eigenvalue weighted by atomic mass is 32.2. The average molecular weight is 267 g/mol. The zero-order chi connectivity index (χ0) is 13.2. The molecule has 0 fully saturated rings. The van der Waals surface area contributed by atoms with Gasteiger partial charge in [0.2, 0.25) is 0 Å². The third-order valence-electron chi connectivity index (χ3n) is 3.15. The van der Waals surface area contributed by atoms with Crippen LogP contribution in [0.5, 0.6) is 0 Å². The summed E-state index contributed by atoms with van der Waals surface area (Å²) in [5, 5.41) is 0.751. The Labute approximate surface area is 115 Å². The van der Waals surface area contributed by atoms with Crippen LogP contribution in [0.1, 0.15) is 0 Å². The van der Waals surface area contributed by atoms with Crippen LogP contribution in [0.3, 0.4) is 0 Å². The predicted octanol–water partition coefficient (Wildman–Crippen LogP) is 3.71. The zero-order valence-electron chi connectivity index (χ0n) is 10.5. The molecular weight excluding hydrogens is 254 g/mol. The molecule has 0 unspecified atom stereocenters. The maximum Gasteiger partial charge on any atom is 0.189 e. The number of thioether (sulfide) groups is 1. The minimum atomic E-state index is 0.0634. The molecule has 0 aliphatic rings. The lowest BCUT2D eigenvalue weighted by molar-refractivity contribution is 1.06. The number of hydrogen-bond donors (Lipinski definition) is 0. The van der Waals surface area contributed by atoms with Crippen molar-refractivity contribution in [1.82, 2.24) is 4.57 Å². The van der Waals surface area contributed by atoms with Crippen molar-refractivity contribution in [2.24, 2.45) is 0 Å². The van der Waals surface area contributed by atoms with Crippen molar-refractivity contribution in [3.63, 3.8) is 0 Å². The van der Waals surface area contributed by atoms with Crippen LogP contribution in [0, 0.1) is 0 Å². The first-order valence-corrected chi connectivity index (χ1v) is 7.27. The molecule has 0 saturated heterocycles. The number of rotatable bonds is 2. The molecule has 0 amide bonds. The van der Waals surface area contributed by atoms with E-state index in [0.717, 1.165) is 16.6 Å². The number of para-hydroxylation sites is 2. The molecule has 1 aromatic heterocycles. The lowest BCUT2D eigenvalue weighted by Crippen LogP contribution is -2.06. The topological polar surface area (TPSA) is 22.0 Å². The van der Waals surface area contributed by atoms with Crippen LogP contribution in [-0.2, 0) is 0 Å². The predicted molar refractivity (Wildman–Crippen MR) is 81.3 cm³/mol. The smallest absolute Gasteiger partial charge is 0.189 e. The van der Waals surface area contributed by atoms with Gasteiger partial charge in [-0.25, -0.2) is 0 Å². The SMILES string of the molecule is CSc1ccccc1-n1ccc(=O)c2ccccc21. The molecule has 2 nitrogen and oxygen atoms in total. The summed E-state index contributed by atoms with van der Waals surface area (Å²) < 4.78 is 2.07. The van der Waals surface area contributed by atoms with Crippen molar-refractivity contribution in [1.29, 1.82) is 0 Å². The van der Waals surface area contributed by atoms with E-state index < -0.39 is 0 Å². The summed E-state index contributed by atoms with van der Waals surface area (Å²) in [7, 11) is 0. The average Bonchev–Trinajstić information content (AvgIpc) is 2.48. The van der Waals surface area contributed by atoms with E-state index in [1.165, 1.54) is 4.90 Å². The molecule has 3 rings (SSSR count). The van der Waals surface area contributed by atoms with Crippen LogP contribution < -0.4 is 5.43 Å². The lowest BCUT2D eigenvalue weighted by atomic mass is 10.2. The molecule has 0 aliphatic heterocycles. The second-order valence-electron chi connectivity index (χ2n) is 4.24. The monoisotopic (exact) mass is 267 g/mol. The van der Waals surface area contributed by atoms with Gasteiger partial charge in [-0.3, -0.25) is 4.79 Å². The van der Waals surface area contributed by atoms with Gasteiger partial charge in [0.1, 0.15) is 0 Å². The van der Waals surface area contributed by atoms with Crippen LogP contribution >= 0.6 is 11.8 Å². The molecule has 19 heavy (non-hydrogen) atoms. The van der Waals surface area contributed by atoms with E-state index in [1.54, 1.807) is 17.8 Å². The van der Waals surface area contributed by atoms with Crippen molar-refractivity contribution < 1.29 is 0 Å². The molecule has 94 valence electrons. The largest absolute Gasteiger partial charge is 0.315 e. The molecule has 3 heteroatoms. The highest BCUT2D eigenvalue weighted by Gasteiger charge is 2.06. The van der Waals surface area contributed by atoms with Gasteiger partial charge in [0.05, 0.1) is 11.2 Å². The van der Waals surface area contributed by atoms with Crippen LogP contribution in [0.2, 0.25) is 0 Å². The number of nitrogens with zero attached hydrogens (tertiary/aromatic N) is 1. The van der Waals surface area contributed by atoms with Crippen molar-refractivity contribution in [3.05, 3.63) is 71.0 Å². The van der Waals surface area contributed by atoms with Gasteiger partial charge in [-0.15, -0.1) is 11.8 Å². The van der Waals surface area contributed by atoms with Crippen LogP contribution in [0.4, 0.5) is 0 Å². The van der Waals surface area contributed by atoms with E-state index in [1.807, 2.05) is 42.6 Å². The Balaban J connectivity index is 2.38. The number of pyridine rings is 1. The molecule has 0 bridgehead atoms. The van der Waals surface area contributed by atoms with Crippen LogP contribution in [0.15, 0.2) is 70.5 Å². The van der Waals surface area contributed by atoms with Crippen molar-refractivity contribution in [3.8, 4) is 5.69 Å². The third-order valence-corrected chi connectivity index (χ3v) is 3.93. The summed E-state index contributed by atoms with van der Waals surface area (Å²) in [6.07, 6.45) is 3.91. The molecule has 0 radical (unpaired) electrons. The van der Waals surface area contributed by atoms with Crippen molar-refractivity contribution in [2.75, 3.05) is 6.26 Å². The number of benzene rings is 2. The normalized spacial score (nSPS) is 10.8. The first kappa shape index (κ1) is 12.1. The van der Waals surface area contributed by atoms with E-state index in [9.17, 15) is 4.79 Å². The molecule has 0 N–H and O–H groups in total. The fourth-order valence-corrected chi connectivity index (χ4v) is 2.83. The van der Waals surface area contributed by atoms with E-state index >= 15 is 0 Å². The van der Waals surface area contributed by atoms with E-state index in [0.29, 0.717) is 0 Å². The van der Waals surface area contributed by atoms with Gasteiger partial charge >= 0.3 is 0 Å². The van der Waals surface area contributed by atoms with E-state index in [4.69, 9.17) is 0 Å². The Morgan fingerprint density at radius 3 is 2.53 bits per heavy atom. The Hall–Kier alpha value is -2.00. The summed E-state index contributed by atoms with van der Waals surface area (Å²) in [4.78, 5) is 13.1. The molecule has 0 spiro atoms. The van der Waals surface area contributed by atoms with Gasteiger partial charge in [0.15, 0.2) is 5.43 Å². The molecule has 1 heterocycles. The van der Waals surface area contributed by atoms with Crippen LogP contribution in [0.25, 0.3) is 16.6 Å². The highest BCUT2D eigenvalue weighted by Crippen LogP contribution is 2.25. The number of aromatic nitrogens is 1. The molecule has 3 aromatic rings. The third kappa shape index (κ3) is 2.06. The van der Waals surface area contributed by atoms with Crippen molar-refractivity contribution >= 4 is 22.7 Å². The molecule has 0 atom stereocenters. The zero-order valence-corrected chi connectivity index (χ0v) is 11.4. The fraction of sp³-hybridized carbons (Fsp3) is 0.0625. The highest BCUT2D eigenvalue weighted by molar-refractivity contribution is 7.98. The van der Waals surface area contributed by atoms with Gasteiger partial charge in [0.25, 0.3) is 0 Å². The minimum Gasteiger partial charge on any atom is -0.315 e. The van der Waals surface area contributed by atoms with Gasteiger partial charge in [-0.05, 0) is 30.5 Å². The first-order valence-electron chi connectivity index (χ1n) is 6.05. The first-order chi connectivity index (χ1) is 9.31. The maximum atomic E-state index is 11.9. The summed E-state index contributed by atoms with van der Waals surface area (Å²) in [5.74, 6) is 0. The summed E-state index contributed by atoms with van der Waals surface area (Å²) in [5.41, 5.74) is 2.11. The van der Waals surface area contributed by atoms with E-state index in [-0.39, 0.29) is 5.43 Å². The van der Waals surface area contributed by atoms with Crippen LogP contribution in [-0.4, -0.2) is 10.8 Å². The standard InChI is InChI=1S/C16H13NOS/c1-19-16-9-5-4-8-14(16)17-11-10-15(18)12-6-2-3-7-13(12)17/h2-11H,1H3. The van der Waals surface area contributed by atoms with Crippen molar-refractivity contribution in [2.45, 2.75) is 4.90 Å². The quantitative estimate of drug-likeness (QED) is 0.660. The Bertz CT molecular complexity index is 792. The fourth-order valence-electron chi connectivity index (χ4n) is 2.24. The Kier molecular flexibility index (Phi) is 3.13. The van der Waals surface area contributed by atoms with E-state index in [2.05, 4.69) is 23.0 Å². The molecule has 2 aromatic carbocycles. The Morgan fingerprint density at radius 2 is 1.68 bits per heavy atom. The van der Waals surface area contributed by atoms with Gasteiger partial charge < -0.3 is 4.57 Å². The summed E-state index contributed by atoms with van der Waals surface area (Å²) in [6, 6.07) is 17.5. The molecule has 0 saturated carbocycles. The van der Waals surface area contributed by atoms with Gasteiger partial charge in [-0.2, -0.15) is 0 Å².